The van der Waals surface area contributed by atoms with Crippen LogP contribution in [-0.2, 0) is 4.79 Å². The van der Waals surface area contributed by atoms with Crippen LogP contribution >= 0.6 is 23.4 Å². The lowest BCUT2D eigenvalue weighted by molar-refractivity contribution is -0.113. The largest absolute Gasteiger partial charge is 0.346 e. The van der Waals surface area contributed by atoms with Crippen LogP contribution in [0.1, 0.15) is 48.7 Å². The Morgan fingerprint density at radius 1 is 1.15 bits per heavy atom. The standard InChI is InChI=1S/C21H21ClN2O2S/c1-13-10-15(14(2)23(13)17-7-3-4-8-17)11-19-20(25)24(21(26)27-19)18-9-5-6-16(22)12-18/h5-6,9-12,17H,3-4,7-8H2,1-2H3/b19-11-. The van der Waals surface area contributed by atoms with E-state index in [9.17, 15) is 9.59 Å². The van der Waals surface area contributed by atoms with E-state index in [4.69, 9.17) is 11.6 Å². The maximum atomic E-state index is 12.9. The number of benzene rings is 1. The zero-order valence-electron chi connectivity index (χ0n) is 15.4. The highest BCUT2D eigenvalue weighted by Crippen LogP contribution is 2.38. The first-order valence-electron chi connectivity index (χ1n) is 9.17. The molecule has 2 amide bonds. The fraction of sp³-hybridized carbons (Fsp3) is 0.333. The van der Waals surface area contributed by atoms with Crippen LogP contribution in [0, 0.1) is 13.8 Å². The Balaban J connectivity index is 1.66. The minimum absolute atomic E-state index is 0.293. The highest BCUT2D eigenvalue weighted by molar-refractivity contribution is 8.19. The molecule has 4 nitrogen and oxygen atoms in total. The summed E-state index contributed by atoms with van der Waals surface area (Å²) >= 11 is 6.99. The highest BCUT2D eigenvalue weighted by atomic mass is 35.5. The number of aryl methyl sites for hydroxylation is 1. The van der Waals surface area contributed by atoms with Gasteiger partial charge in [0.15, 0.2) is 0 Å². The molecule has 0 atom stereocenters. The van der Waals surface area contributed by atoms with Crippen LogP contribution < -0.4 is 4.90 Å². The van der Waals surface area contributed by atoms with Crippen molar-refractivity contribution in [1.82, 2.24) is 4.57 Å². The van der Waals surface area contributed by atoms with Crippen molar-refractivity contribution in [2.24, 2.45) is 0 Å². The van der Waals surface area contributed by atoms with E-state index in [0.29, 0.717) is 21.7 Å². The second-order valence-electron chi connectivity index (χ2n) is 7.13. The number of carbonyl (C=O) groups excluding carboxylic acids is 2. The molecule has 0 spiro atoms. The summed E-state index contributed by atoms with van der Waals surface area (Å²) in [6, 6.07) is 9.47. The summed E-state index contributed by atoms with van der Waals surface area (Å²) in [6.07, 6.45) is 6.82. The molecule has 140 valence electrons. The Labute approximate surface area is 168 Å². The fourth-order valence-corrected chi connectivity index (χ4v) is 5.14. The molecule has 1 saturated carbocycles. The smallest absolute Gasteiger partial charge is 0.298 e. The first kappa shape index (κ1) is 18.4. The average Bonchev–Trinajstić information content (AvgIpc) is 3.29. The number of hydrogen-bond donors (Lipinski definition) is 0. The first-order valence-corrected chi connectivity index (χ1v) is 10.4. The lowest BCUT2D eigenvalue weighted by Gasteiger charge is -2.17. The van der Waals surface area contributed by atoms with Crippen molar-refractivity contribution in [3.05, 3.63) is 57.2 Å². The van der Waals surface area contributed by atoms with Crippen LogP contribution in [0.3, 0.4) is 0 Å². The van der Waals surface area contributed by atoms with E-state index < -0.39 is 0 Å². The molecule has 6 heteroatoms. The molecule has 0 N–H and O–H groups in total. The van der Waals surface area contributed by atoms with E-state index in [1.807, 2.05) is 6.08 Å². The van der Waals surface area contributed by atoms with Crippen LogP contribution in [-0.4, -0.2) is 15.7 Å². The van der Waals surface area contributed by atoms with Crippen molar-refractivity contribution in [1.29, 1.82) is 0 Å². The molecule has 0 unspecified atom stereocenters. The highest BCUT2D eigenvalue weighted by Gasteiger charge is 2.36. The fourth-order valence-electron chi connectivity index (χ4n) is 4.12. The molecule has 27 heavy (non-hydrogen) atoms. The number of halogens is 1. The van der Waals surface area contributed by atoms with Crippen LogP contribution in [0.15, 0.2) is 35.2 Å². The summed E-state index contributed by atoms with van der Waals surface area (Å²) in [6.45, 7) is 4.21. The number of amides is 2. The summed E-state index contributed by atoms with van der Waals surface area (Å²) in [7, 11) is 0. The normalized spacial score (nSPS) is 19.7. The van der Waals surface area contributed by atoms with Gasteiger partial charge in [0.2, 0.25) is 0 Å². The topological polar surface area (TPSA) is 42.3 Å². The number of hydrogen-bond acceptors (Lipinski definition) is 3. The molecule has 2 fully saturated rings. The van der Waals surface area contributed by atoms with Gasteiger partial charge in [0.1, 0.15) is 0 Å². The maximum absolute atomic E-state index is 12.9. The SMILES string of the molecule is Cc1cc(/C=C2\SC(=O)N(c3cccc(Cl)c3)C2=O)c(C)n1C1CCCC1. The number of aromatic nitrogens is 1. The Morgan fingerprint density at radius 2 is 1.89 bits per heavy atom. The van der Waals surface area contributed by atoms with Gasteiger partial charge in [-0.3, -0.25) is 9.59 Å². The van der Waals surface area contributed by atoms with E-state index in [-0.39, 0.29) is 11.1 Å². The lowest BCUT2D eigenvalue weighted by atomic mass is 10.2. The molecule has 1 saturated heterocycles. The molecule has 2 aliphatic rings. The summed E-state index contributed by atoms with van der Waals surface area (Å²) < 4.78 is 2.39. The Bertz CT molecular complexity index is 957. The predicted octanol–water partition coefficient (Wildman–Crippen LogP) is 6.11. The summed E-state index contributed by atoms with van der Waals surface area (Å²) in [5.41, 5.74) is 3.88. The van der Waals surface area contributed by atoms with Gasteiger partial charge in [0.05, 0.1) is 10.6 Å². The Kier molecular flexibility index (Phi) is 4.91. The van der Waals surface area contributed by atoms with Gasteiger partial charge in [-0.1, -0.05) is 30.5 Å². The lowest BCUT2D eigenvalue weighted by Crippen LogP contribution is -2.27. The number of nitrogens with zero attached hydrogens (tertiary/aromatic N) is 2. The average molecular weight is 401 g/mol. The molecule has 2 heterocycles. The summed E-state index contributed by atoms with van der Waals surface area (Å²) in [5, 5.41) is 0.203. The van der Waals surface area contributed by atoms with Crippen LogP contribution in [0.5, 0.6) is 0 Å². The number of carbonyl (C=O) groups is 2. The predicted molar refractivity (Wildman–Crippen MR) is 111 cm³/mol. The van der Waals surface area contributed by atoms with Gasteiger partial charge >= 0.3 is 0 Å². The molecule has 4 rings (SSSR count). The number of thioether (sulfide) groups is 1. The van der Waals surface area contributed by atoms with Crippen molar-refractivity contribution in [2.75, 3.05) is 4.90 Å². The van der Waals surface area contributed by atoms with Crippen LogP contribution in [0.4, 0.5) is 10.5 Å². The number of imide groups is 1. The van der Waals surface area contributed by atoms with Crippen molar-refractivity contribution < 1.29 is 9.59 Å². The van der Waals surface area contributed by atoms with E-state index in [1.54, 1.807) is 24.3 Å². The molecule has 1 aromatic carbocycles. The number of anilines is 1. The zero-order valence-corrected chi connectivity index (χ0v) is 16.9. The third kappa shape index (κ3) is 3.34. The van der Waals surface area contributed by atoms with Gasteiger partial charge in [0.25, 0.3) is 11.1 Å². The molecular formula is C21H21ClN2O2S. The van der Waals surface area contributed by atoms with E-state index >= 15 is 0 Å². The van der Waals surface area contributed by atoms with Gasteiger partial charge in [-0.25, -0.2) is 4.90 Å². The molecule has 0 bridgehead atoms. The van der Waals surface area contributed by atoms with E-state index in [0.717, 1.165) is 23.0 Å². The summed E-state index contributed by atoms with van der Waals surface area (Å²) in [4.78, 5) is 26.9. The monoisotopic (exact) mass is 400 g/mol. The molecule has 1 aliphatic heterocycles. The van der Waals surface area contributed by atoms with Gasteiger partial charge in [-0.2, -0.15) is 0 Å². The third-order valence-electron chi connectivity index (χ3n) is 5.36. The van der Waals surface area contributed by atoms with Crippen LogP contribution in [0.25, 0.3) is 6.08 Å². The molecule has 1 aliphatic carbocycles. The van der Waals surface area contributed by atoms with Crippen molar-refractivity contribution in [3.8, 4) is 0 Å². The van der Waals surface area contributed by atoms with Crippen molar-refractivity contribution in [3.63, 3.8) is 0 Å². The second kappa shape index (κ2) is 7.21. The van der Waals surface area contributed by atoms with Crippen molar-refractivity contribution in [2.45, 2.75) is 45.6 Å². The van der Waals surface area contributed by atoms with Gasteiger partial charge in [-0.05, 0) is 74.4 Å². The third-order valence-corrected chi connectivity index (χ3v) is 6.46. The van der Waals surface area contributed by atoms with Crippen molar-refractivity contribution >= 4 is 46.3 Å². The Morgan fingerprint density at radius 3 is 2.59 bits per heavy atom. The zero-order chi connectivity index (χ0) is 19.1. The number of rotatable bonds is 3. The van der Waals surface area contributed by atoms with Gasteiger partial charge in [-0.15, -0.1) is 0 Å². The first-order chi connectivity index (χ1) is 13.0. The minimum Gasteiger partial charge on any atom is -0.346 e. The van der Waals surface area contributed by atoms with E-state index in [1.165, 1.54) is 36.3 Å². The second-order valence-corrected chi connectivity index (χ2v) is 8.56. The molecular weight excluding hydrogens is 380 g/mol. The minimum atomic E-state index is -0.294. The molecule has 2 aromatic rings. The van der Waals surface area contributed by atoms with Crippen LogP contribution in [0.2, 0.25) is 5.02 Å². The van der Waals surface area contributed by atoms with Gasteiger partial charge < -0.3 is 4.57 Å². The van der Waals surface area contributed by atoms with Gasteiger partial charge in [0, 0.05) is 22.5 Å². The molecule has 0 radical (unpaired) electrons. The quantitative estimate of drug-likeness (QED) is 0.583. The van der Waals surface area contributed by atoms with E-state index in [2.05, 4.69) is 24.5 Å². The maximum Gasteiger partial charge on any atom is 0.298 e. The molecule has 1 aromatic heterocycles. The summed E-state index contributed by atoms with van der Waals surface area (Å²) in [5.74, 6) is -0.294. The Hall–Kier alpha value is -1.98.